The van der Waals surface area contributed by atoms with E-state index < -0.39 is 10.0 Å². The molecule has 2 bridgehead atoms. The van der Waals surface area contributed by atoms with Gasteiger partial charge in [-0.1, -0.05) is 0 Å². The van der Waals surface area contributed by atoms with Gasteiger partial charge in [0.25, 0.3) is 0 Å². The van der Waals surface area contributed by atoms with Crippen molar-refractivity contribution in [2.24, 2.45) is 0 Å². The topological polar surface area (TPSA) is 58.2 Å². The maximum Gasteiger partial charge on any atom is 0.241 e. The smallest absolute Gasteiger partial charge is 0.241 e. The third kappa shape index (κ3) is 3.39. The van der Waals surface area contributed by atoms with E-state index in [1.54, 1.807) is 6.07 Å². The van der Waals surface area contributed by atoms with E-state index in [4.69, 9.17) is 0 Å². The molecule has 3 rings (SSSR count). The van der Waals surface area contributed by atoms with Crippen molar-refractivity contribution in [3.63, 3.8) is 0 Å². The van der Waals surface area contributed by atoms with Crippen molar-refractivity contribution in [2.75, 3.05) is 0 Å². The molecule has 2 saturated heterocycles. The van der Waals surface area contributed by atoms with Gasteiger partial charge in [0.15, 0.2) is 0 Å². The fourth-order valence-corrected chi connectivity index (χ4v) is 6.81. The maximum atomic E-state index is 12.4. The van der Waals surface area contributed by atoms with Crippen LogP contribution < -0.4 is 10.0 Å². The van der Waals surface area contributed by atoms with Crippen LogP contribution in [0, 0.1) is 6.92 Å². The van der Waals surface area contributed by atoms with Gasteiger partial charge in [-0.25, -0.2) is 13.1 Å². The van der Waals surface area contributed by atoms with Crippen molar-refractivity contribution in [1.82, 2.24) is 10.0 Å². The molecule has 0 saturated carbocycles. The normalized spacial score (nSPS) is 29.2. The van der Waals surface area contributed by atoms with Crippen molar-refractivity contribution < 1.29 is 8.42 Å². The van der Waals surface area contributed by atoms with Crippen LogP contribution in [0.1, 0.15) is 30.6 Å². The monoisotopic (exact) mass is 400 g/mol. The van der Waals surface area contributed by atoms with Crippen LogP contribution in [0.15, 0.2) is 14.7 Å². The molecule has 114 valence electrons. The van der Waals surface area contributed by atoms with Gasteiger partial charge in [-0.05, 0) is 54.6 Å². The summed E-state index contributed by atoms with van der Waals surface area (Å²) in [5.41, 5.74) is 0. The van der Waals surface area contributed by atoms with Gasteiger partial charge in [0.1, 0.15) is 0 Å². The Morgan fingerprint density at radius 2 is 1.95 bits per heavy atom. The molecule has 2 aliphatic rings. The van der Waals surface area contributed by atoms with Crippen molar-refractivity contribution >= 4 is 49.7 Å². The van der Waals surface area contributed by atoms with E-state index in [9.17, 15) is 8.42 Å². The Bertz CT molecular complexity index is 578. The zero-order valence-corrected chi connectivity index (χ0v) is 15.1. The molecule has 3 heterocycles. The lowest BCUT2D eigenvalue weighted by Crippen LogP contribution is -2.47. The Morgan fingerprint density at radius 1 is 1.35 bits per heavy atom. The molecule has 0 aliphatic carbocycles. The van der Waals surface area contributed by atoms with Gasteiger partial charge in [0.05, 0.1) is 8.68 Å². The van der Waals surface area contributed by atoms with E-state index in [1.807, 2.05) is 6.92 Å². The van der Waals surface area contributed by atoms with Crippen molar-refractivity contribution in [2.45, 2.75) is 55.6 Å². The number of fused-ring (bicyclic) bond motifs is 2. The molecular formula is C12H18BrClN2O2S2. The molecule has 0 aromatic carbocycles. The molecule has 4 nitrogen and oxygen atoms in total. The predicted molar refractivity (Wildman–Crippen MR) is 87.3 cm³/mol. The highest BCUT2D eigenvalue weighted by atomic mass is 79.9. The number of sulfonamides is 1. The molecule has 2 unspecified atom stereocenters. The van der Waals surface area contributed by atoms with E-state index in [1.165, 1.54) is 24.2 Å². The summed E-state index contributed by atoms with van der Waals surface area (Å²) in [7, 11) is -3.39. The average molecular weight is 402 g/mol. The molecule has 2 fully saturated rings. The number of piperidine rings is 1. The van der Waals surface area contributed by atoms with E-state index in [2.05, 4.69) is 26.0 Å². The van der Waals surface area contributed by atoms with Crippen LogP contribution in [0.4, 0.5) is 0 Å². The van der Waals surface area contributed by atoms with E-state index in [0.29, 0.717) is 17.0 Å². The standard InChI is InChI=1S/C12H17BrN2O2S2.ClH/c1-7-11(6-12(13)18-7)19(16,17)15-10-4-8-2-3-9(5-10)14-8;/h6,8-10,14-15H,2-5H2,1H3;1H. The number of hydrogen-bond acceptors (Lipinski definition) is 4. The average Bonchev–Trinajstić information content (AvgIpc) is 2.81. The second-order valence-electron chi connectivity index (χ2n) is 5.40. The minimum absolute atomic E-state index is 0. The number of rotatable bonds is 3. The van der Waals surface area contributed by atoms with Gasteiger partial charge < -0.3 is 5.32 Å². The lowest BCUT2D eigenvalue weighted by Gasteiger charge is -2.29. The van der Waals surface area contributed by atoms with Crippen LogP contribution in [0.5, 0.6) is 0 Å². The summed E-state index contributed by atoms with van der Waals surface area (Å²) in [6, 6.07) is 2.74. The van der Waals surface area contributed by atoms with Gasteiger partial charge in [0, 0.05) is 23.0 Å². The first-order chi connectivity index (χ1) is 8.94. The minimum Gasteiger partial charge on any atom is -0.311 e. The summed E-state index contributed by atoms with van der Waals surface area (Å²) >= 11 is 4.80. The molecule has 20 heavy (non-hydrogen) atoms. The van der Waals surface area contributed by atoms with Crippen molar-refractivity contribution in [1.29, 1.82) is 0 Å². The lowest BCUT2D eigenvalue weighted by atomic mass is 10.0. The van der Waals surface area contributed by atoms with Gasteiger partial charge in [0.2, 0.25) is 10.0 Å². The second kappa shape index (κ2) is 6.22. The van der Waals surface area contributed by atoms with Crippen LogP contribution in [-0.2, 0) is 10.0 Å². The molecule has 2 atom stereocenters. The van der Waals surface area contributed by atoms with Gasteiger partial charge in [-0.2, -0.15) is 0 Å². The molecule has 1 aromatic rings. The molecule has 0 radical (unpaired) electrons. The largest absolute Gasteiger partial charge is 0.311 e. The molecule has 8 heteroatoms. The highest BCUT2D eigenvalue weighted by Crippen LogP contribution is 2.31. The minimum atomic E-state index is -3.39. The summed E-state index contributed by atoms with van der Waals surface area (Å²) < 4.78 is 28.6. The third-order valence-corrected chi connectivity index (χ3v) is 7.26. The Morgan fingerprint density at radius 3 is 2.45 bits per heavy atom. The van der Waals surface area contributed by atoms with Crippen LogP contribution in [0.3, 0.4) is 0 Å². The van der Waals surface area contributed by atoms with Crippen molar-refractivity contribution in [3.05, 3.63) is 14.7 Å². The first-order valence-electron chi connectivity index (χ1n) is 6.48. The summed E-state index contributed by atoms with van der Waals surface area (Å²) in [4.78, 5) is 1.24. The number of nitrogens with one attached hydrogen (secondary N) is 2. The molecular weight excluding hydrogens is 384 g/mol. The predicted octanol–water partition coefficient (Wildman–Crippen LogP) is 2.80. The highest BCUT2D eigenvalue weighted by molar-refractivity contribution is 9.11. The molecule has 0 spiro atoms. The number of hydrogen-bond donors (Lipinski definition) is 2. The van der Waals surface area contributed by atoms with Gasteiger partial charge >= 0.3 is 0 Å². The van der Waals surface area contributed by atoms with E-state index >= 15 is 0 Å². The third-order valence-electron chi connectivity index (χ3n) is 3.93. The first-order valence-corrected chi connectivity index (χ1v) is 9.57. The number of thiophene rings is 1. The van der Waals surface area contributed by atoms with Gasteiger partial charge in [-0.3, -0.25) is 0 Å². The number of halogens is 2. The SMILES string of the molecule is Cc1sc(Br)cc1S(=O)(=O)NC1CC2CCC(C1)N2.Cl. The molecule has 0 amide bonds. The van der Waals surface area contributed by atoms with E-state index in [0.717, 1.165) is 21.5 Å². The summed E-state index contributed by atoms with van der Waals surface area (Å²) in [6.07, 6.45) is 4.15. The lowest BCUT2D eigenvalue weighted by molar-refractivity contribution is 0.345. The second-order valence-corrected chi connectivity index (χ2v) is 9.72. The zero-order valence-electron chi connectivity index (χ0n) is 11.1. The number of aryl methyl sites for hydroxylation is 1. The molecule has 2 aliphatic heterocycles. The Hall–Kier alpha value is 0.340. The quantitative estimate of drug-likeness (QED) is 0.819. The summed E-state index contributed by atoms with van der Waals surface area (Å²) in [5, 5.41) is 3.52. The highest BCUT2D eigenvalue weighted by Gasteiger charge is 2.35. The Balaban J connectivity index is 0.00000147. The van der Waals surface area contributed by atoms with Crippen LogP contribution >= 0.6 is 39.7 Å². The zero-order chi connectivity index (χ0) is 13.6. The maximum absolute atomic E-state index is 12.4. The fraction of sp³-hybridized carbons (Fsp3) is 0.667. The molecule has 2 N–H and O–H groups in total. The summed E-state index contributed by atoms with van der Waals surface area (Å²) in [6.45, 7) is 1.84. The first kappa shape index (κ1) is 16.7. The molecule has 1 aromatic heterocycles. The van der Waals surface area contributed by atoms with Crippen molar-refractivity contribution in [3.8, 4) is 0 Å². The van der Waals surface area contributed by atoms with E-state index in [-0.39, 0.29) is 18.4 Å². The Kier molecular flexibility index (Phi) is 5.20. The van der Waals surface area contributed by atoms with Crippen LogP contribution in [-0.4, -0.2) is 26.5 Å². The van der Waals surface area contributed by atoms with Crippen LogP contribution in [0.25, 0.3) is 0 Å². The van der Waals surface area contributed by atoms with Crippen LogP contribution in [0.2, 0.25) is 0 Å². The van der Waals surface area contributed by atoms with Gasteiger partial charge in [-0.15, -0.1) is 23.7 Å². The Labute approximate surface area is 138 Å². The fourth-order valence-electron chi connectivity index (χ4n) is 3.13. The summed E-state index contributed by atoms with van der Waals surface area (Å²) in [5.74, 6) is 0.